The van der Waals surface area contributed by atoms with Gasteiger partial charge in [0.1, 0.15) is 30.0 Å². The Morgan fingerprint density at radius 2 is 1.70 bits per heavy atom. The summed E-state index contributed by atoms with van der Waals surface area (Å²) < 4.78 is 47.3. The van der Waals surface area contributed by atoms with Crippen LogP contribution in [0.2, 0.25) is 0 Å². The van der Waals surface area contributed by atoms with Gasteiger partial charge in [-0.25, -0.2) is 4.98 Å². The molecule has 2 unspecified atom stereocenters. The van der Waals surface area contributed by atoms with Gasteiger partial charge in [0.15, 0.2) is 11.5 Å². The SMILES string of the molecule is CC(C)(O)c1ccc([C@@H](Cc2ccc(O[C@@H]3OC(C(=O)[O-])[C@@H](O)C(O)[C@H]3O)nc2)c2ccc(OC(F)F)c(OC3CC3)c2)cn1.[Li+]. The first-order valence-corrected chi connectivity index (χ1v) is 14.3. The number of nitrogens with zero attached hydrogens (tertiary/aromatic N) is 2. The minimum atomic E-state index is -3.03. The summed E-state index contributed by atoms with van der Waals surface area (Å²) in [6.45, 7) is 0.201. The van der Waals surface area contributed by atoms with Crippen molar-refractivity contribution < 1.29 is 76.9 Å². The number of carbonyl (C=O) groups is 1. The predicted molar refractivity (Wildman–Crippen MR) is 148 cm³/mol. The van der Waals surface area contributed by atoms with Gasteiger partial charge in [-0.2, -0.15) is 8.78 Å². The minimum absolute atomic E-state index is 0. The van der Waals surface area contributed by atoms with E-state index in [0.29, 0.717) is 23.2 Å². The predicted octanol–water partition coefficient (Wildman–Crippen LogP) is -1.84. The van der Waals surface area contributed by atoms with E-state index in [1.54, 1.807) is 44.3 Å². The van der Waals surface area contributed by atoms with E-state index in [0.717, 1.165) is 18.4 Å². The molecule has 0 bridgehead atoms. The number of ether oxygens (including phenoxy) is 4. The molecule has 1 aromatic carbocycles. The Kier molecular flexibility index (Phi) is 11.3. The molecule has 3 heterocycles. The Morgan fingerprint density at radius 3 is 2.26 bits per heavy atom. The summed E-state index contributed by atoms with van der Waals surface area (Å²) in [6, 6.07) is 11.4. The molecule has 242 valence electrons. The van der Waals surface area contributed by atoms with Crippen LogP contribution >= 0.6 is 0 Å². The first-order valence-electron chi connectivity index (χ1n) is 14.3. The molecular formula is C31H33F2LiN2O10. The number of carbonyl (C=O) groups excluding carboxylic acids is 1. The van der Waals surface area contributed by atoms with Crippen molar-refractivity contribution in [2.45, 2.75) is 88.1 Å². The zero-order chi connectivity index (χ0) is 32.5. The van der Waals surface area contributed by atoms with Crippen LogP contribution in [0.4, 0.5) is 8.78 Å². The van der Waals surface area contributed by atoms with Crippen LogP contribution in [-0.2, 0) is 21.6 Å². The van der Waals surface area contributed by atoms with Gasteiger partial charge < -0.3 is 49.3 Å². The minimum Gasteiger partial charge on any atom is -0.547 e. The largest absolute Gasteiger partial charge is 1.00 e. The number of benzene rings is 1. The fourth-order valence-corrected chi connectivity index (χ4v) is 4.89. The van der Waals surface area contributed by atoms with E-state index in [1.165, 1.54) is 18.3 Å². The van der Waals surface area contributed by atoms with Crippen LogP contribution in [0.25, 0.3) is 0 Å². The Balaban J connectivity index is 0.00000480. The smallest absolute Gasteiger partial charge is 0.547 e. The van der Waals surface area contributed by atoms with Gasteiger partial charge in [-0.3, -0.25) is 4.98 Å². The molecule has 15 heteroatoms. The third kappa shape index (κ3) is 8.51. The van der Waals surface area contributed by atoms with Crippen molar-refractivity contribution in [3.05, 3.63) is 77.2 Å². The number of carboxylic acid groups (broad SMARTS) is 1. The summed E-state index contributed by atoms with van der Waals surface area (Å²) in [5.74, 6) is -2.13. The summed E-state index contributed by atoms with van der Waals surface area (Å²) in [5, 5.41) is 51.8. The zero-order valence-corrected chi connectivity index (χ0v) is 25.3. The number of hydrogen-bond donors (Lipinski definition) is 4. The summed E-state index contributed by atoms with van der Waals surface area (Å²) >= 11 is 0. The topological polar surface area (TPSA) is 184 Å². The Hall–Kier alpha value is -3.35. The number of aliphatic hydroxyl groups excluding tert-OH is 3. The van der Waals surface area contributed by atoms with Crippen molar-refractivity contribution in [2.24, 2.45) is 0 Å². The van der Waals surface area contributed by atoms with Gasteiger partial charge in [-0.15, -0.1) is 0 Å². The van der Waals surface area contributed by atoms with Crippen LogP contribution in [0, 0.1) is 0 Å². The fraction of sp³-hybridized carbons (Fsp3) is 0.452. The van der Waals surface area contributed by atoms with Gasteiger partial charge in [-0.1, -0.05) is 18.2 Å². The monoisotopic (exact) mass is 638 g/mol. The molecule has 5 rings (SSSR count). The number of carboxylic acids is 1. The zero-order valence-electron chi connectivity index (χ0n) is 25.3. The average molecular weight is 639 g/mol. The van der Waals surface area contributed by atoms with Gasteiger partial charge in [0.2, 0.25) is 12.2 Å². The maximum Gasteiger partial charge on any atom is 1.00 e. The molecule has 0 amide bonds. The number of aliphatic hydroxyl groups is 4. The van der Waals surface area contributed by atoms with Crippen molar-refractivity contribution in [3.63, 3.8) is 0 Å². The van der Waals surface area contributed by atoms with Crippen LogP contribution < -0.4 is 38.2 Å². The molecular weight excluding hydrogens is 605 g/mol. The molecule has 4 N–H and O–H groups in total. The van der Waals surface area contributed by atoms with Crippen molar-refractivity contribution in [1.82, 2.24) is 9.97 Å². The van der Waals surface area contributed by atoms with Crippen LogP contribution in [0.3, 0.4) is 0 Å². The van der Waals surface area contributed by atoms with E-state index in [9.17, 15) is 39.1 Å². The van der Waals surface area contributed by atoms with E-state index in [1.807, 2.05) is 6.07 Å². The number of alkyl halides is 2. The number of pyridine rings is 2. The molecule has 6 atom stereocenters. The second-order valence-corrected chi connectivity index (χ2v) is 11.5. The third-order valence-electron chi connectivity index (χ3n) is 7.50. The summed E-state index contributed by atoms with van der Waals surface area (Å²) in [7, 11) is 0. The van der Waals surface area contributed by atoms with E-state index >= 15 is 0 Å². The second-order valence-electron chi connectivity index (χ2n) is 11.5. The molecule has 12 nitrogen and oxygen atoms in total. The second kappa shape index (κ2) is 14.6. The normalized spacial score (nSPS) is 23.7. The molecule has 2 fully saturated rings. The molecule has 3 aromatic rings. The maximum absolute atomic E-state index is 13.1. The summed E-state index contributed by atoms with van der Waals surface area (Å²) in [6.07, 6.45) is -4.17. The average Bonchev–Trinajstić information content (AvgIpc) is 3.81. The van der Waals surface area contributed by atoms with Crippen LogP contribution in [0.5, 0.6) is 17.4 Å². The molecule has 1 aliphatic heterocycles. The van der Waals surface area contributed by atoms with E-state index < -0.39 is 48.9 Å². The molecule has 2 aliphatic rings. The Bertz CT molecular complexity index is 1470. The molecule has 46 heavy (non-hydrogen) atoms. The standard InChI is InChI=1S/C31H34F2N2O10.Li/c1-31(2,41)22-9-5-17(14-34-22)19(16-4-8-20(43-30(32)33)21(12-16)42-18-6-7-18)11-15-3-10-23(35-13-15)44-29-26(38)24(36)25(37)27(45-29)28(39)40;/h3-5,8-10,12-14,18-19,24-27,29-30,36-38,41H,6-7,11H2,1-2H3,(H,39,40);/q;+1/p-1/t19-,24?,25-,26+,27?,29+;/m0./s1. The van der Waals surface area contributed by atoms with Gasteiger partial charge in [-0.05, 0) is 68.0 Å². The van der Waals surface area contributed by atoms with Gasteiger partial charge >= 0.3 is 25.5 Å². The molecule has 1 saturated carbocycles. The maximum atomic E-state index is 13.1. The number of halogens is 2. The summed E-state index contributed by atoms with van der Waals surface area (Å²) in [4.78, 5) is 19.9. The quantitative estimate of drug-likeness (QED) is 0.163. The third-order valence-corrected chi connectivity index (χ3v) is 7.50. The van der Waals surface area contributed by atoms with E-state index in [2.05, 4.69) is 14.7 Å². The number of hydrogen-bond acceptors (Lipinski definition) is 12. The molecule has 0 spiro atoms. The molecule has 2 aromatic heterocycles. The molecule has 1 saturated heterocycles. The van der Waals surface area contributed by atoms with Crippen LogP contribution in [0.15, 0.2) is 54.9 Å². The number of rotatable bonds is 12. The van der Waals surface area contributed by atoms with Crippen molar-refractivity contribution in [2.75, 3.05) is 0 Å². The van der Waals surface area contributed by atoms with Crippen molar-refractivity contribution in [3.8, 4) is 17.4 Å². The van der Waals surface area contributed by atoms with Crippen molar-refractivity contribution >= 4 is 5.97 Å². The first kappa shape index (κ1) is 35.5. The number of aliphatic carboxylic acids is 1. The van der Waals surface area contributed by atoms with Gasteiger partial charge in [0, 0.05) is 24.4 Å². The van der Waals surface area contributed by atoms with E-state index in [-0.39, 0.29) is 48.3 Å². The molecule has 1 aliphatic carbocycles. The summed E-state index contributed by atoms with van der Waals surface area (Å²) in [5.41, 5.74) is 1.45. The van der Waals surface area contributed by atoms with Crippen molar-refractivity contribution in [1.29, 1.82) is 0 Å². The van der Waals surface area contributed by atoms with Gasteiger partial charge in [0.05, 0.1) is 17.8 Å². The Morgan fingerprint density at radius 1 is 0.978 bits per heavy atom. The number of aromatic nitrogens is 2. The van der Waals surface area contributed by atoms with E-state index in [4.69, 9.17) is 14.2 Å². The fourth-order valence-electron chi connectivity index (χ4n) is 4.89. The molecule has 0 radical (unpaired) electrons. The van der Waals surface area contributed by atoms with Crippen LogP contribution in [-0.4, -0.2) is 79.8 Å². The Labute approximate surface area is 275 Å². The van der Waals surface area contributed by atoms with Gasteiger partial charge in [0.25, 0.3) is 0 Å². The first-order chi connectivity index (χ1) is 21.3. The van der Waals surface area contributed by atoms with Crippen LogP contribution in [0.1, 0.15) is 55.0 Å².